The Morgan fingerprint density at radius 3 is 2.96 bits per heavy atom. The molecule has 140 valence electrons. The third-order valence-corrected chi connectivity index (χ3v) is 3.80. The molecule has 0 saturated carbocycles. The summed E-state index contributed by atoms with van der Waals surface area (Å²) in [7, 11) is 0. The Bertz CT molecular complexity index is 653. The van der Waals surface area contributed by atoms with Crippen molar-refractivity contribution in [1.82, 2.24) is 9.55 Å². The van der Waals surface area contributed by atoms with Crippen LogP contribution in [0.3, 0.4) is 0 Å². The SMILES string of the molecule is CCCCCOC(=O)Nc1nc(=O)n([C@H]2C[C@H](O)[C@@H](CO)O2)cc1F. The van der Waals surface area contributed by atoms with Gasteiger partial charge in [0.1, 0.15) is 12.3 Å². The second kappa shape index (κ2) is 8.88. The van der Waals surface area contributed by atoms with Crippen molar-refractivity contribution in [3.8, 4) is 0 Å². The van der Waals surface area contributed by atoms with Gasteiger partial charge in [0.05, 0.1) is 25.5 Å². The maximum absolute atomic E-state index is 14.1. The number of nitrogens with zero attached hydrogens (tertiary/aromatic N) is 2. The van der Waals surface area contributed by atoms with Gasteiger partial charge in [-0.05, 0) is 6.42 Å². The van der Waals surface area contributed by atoms with Crippen LogP contribution in [0.25, 0.3) is 0 Å². The number of hydrogen-bond donors (Lipinski definition) is 3. The van der Waals surface area contributed by atoms with Crippen LogP contribution in [-0.2, 0) is 9.47 Å². The van der Waals surface area contributed by atoms with Crippen molar-refractivity contribution in [3.63, 3.8) is 0 Å². The molecule has 2 heterocycles. The van der Waals surface area contributed by atoms with Crippen molar-refractivity contribution in [2.24, 2.45) is 0 Å². The topological polar surface area (TPSA) is 123 Å². The highest BCUT2D eigenvalue weighted by atomic mass is 19.1. The van der Waals surface area contributed by atoms with Crippen molar-refractivity contribution in [2.45, 2.75) is 51.0 Å². The minimum Gasteiger partial charge on any atom is -0.449 e. The Morgan fingerprint density at radius 1 is 1.56 bits per heavy atom. The average molecular weight is 359 g/mol. The second-order valence-corrected chi connectivity index (χ2v) is 5.71. The number of aromatic nitrogens is 2. The molecule has 3 N–H and O–H groups in total. The molecule has 2 rings (SSSR count). The van der Waals surface area contributed by atoms with Crippen LogP contribution in [0.5, 0.6) is 0 Å². The maximum Gasteiger partial charge on any atom is 0.412 e. The van der Waals surface area contributed by atoms with Crippen LogP contribution >= 0.6 is 0 Å². The smallest absolute Gasteiger partial charge is 0.412 e. The molecule has 1 saturated heterocycles. The molecule has 0 aromatic carbocycles. The standard InChI is InChI=1S/C15H22FN3O6/c1-2-3-4-5-24-15(23)18-13-9(16)7-19(14(22)17-13)12-6-10(21)11(8-20)25-12/h7,10-12,20-21H,2-6,8H2,1H3,(H,17,18,22,23)/t10-,11+,12+/m0/s1. The Balaban J connectivity index is 2.02. The fourth-order valence-corrected chi connectivity index (χ4v) is 2.44. The van der Waals surface area contributed by atoms with Gasteiger partial charge in [-0.1, -0.05) is 19.8 Å². The molecule has 1 aliphatic heterocycles. The Labute approximate surface area is 143 Å². The van der Waals surface area contributed by atoms with Gasteiger partial charge in [-0.3, -0.25) is 9.88 Å². The minimum absolute atomic E-state index is 0.0124. The molecule has 0 aliphatic carbocycles. The second-order valence-electron chi connectivity index (χ2n) is 5.71. The number of rotatable bonds is 7. The zero-order valence-corrected chi connectivity index (χ0v) is 13.9. The third-order valence-electron chi connectivity index (χ3n) is 3.80. The zero-order valence-electron chi connectivity index (χ0n) is 13.9. The molecular weight excluding hydrogens is 337 g/mol. The molecule has 9 nitrogen and oxygen atoms in total. The number of carbonyl (C=O) groups excluding carboxylic acids is 1. The van der Waals surface area contributed by atoms with Gasteiger partial charge in [-0.25, -0.2) is 14.0 Å². The van der Waals surface area contributed by atoms with Gasteiger partial charge in [0.25, 0.3) is 0 Å². The van der Waals surface area contributed by atoms with Crippen LogP contribution in [0, 0.1) is 5.82 Å². The summed E-state index contributed by atoms with van der Waals surface area (Å²) in [5.74, 6) is -1.49. The lowest BCUT2D eigenvalue weighted by molar-refractivity contribution is -0.0461. The van der Waals surface area contributed by atoms with Crippen molar-refractivity contribution in [3.05, 3.63) is 22.5 Å². The van der Waals surface area contributed by atoms with Gasteiger partial charge in [-0.2, -0.15) is 4.98 Å². The predicted molar refractivity (Wildman–Crippen MR) is 84.6 cm³/mol. The lowest BCUT2D eigenvalue weighted by Crippen LogP contribution is -2.30. The summed E-state index contributed by atoms with van der Waals surface area (Å²) in [6.07, 6.45) is -0.264. The lowest BCUT2D eigenvalue weighted by Gasteiger charge is -2.15. The number of ether oxygens (including phenoxy) is 2. The van der Waals surface area contributed by atoms with E-state index in [2.05, 4.69) is 10.3 Å². The number of nitrogens with one attached hydrogen (secondary N) is 1. The highest BCUT2D eigenvalue weighted by Gasteiger charge is 2.35. The van der Waals surface area contributed by atoms with Crippen molar-refractivity contribution in [1.29, 1.82) is 0 Å². The summed E-state index contributed by atoms with van der Waals surface area (Å²) in [5, 5.41) is 20.8. The van der Waals surface area contributed by atoms with E-state index < -0.39 is 48.5 Å². The molecule has 1 amide bonds. The third kappa shape index (κ3) is 4.97. The number of aliphatic hydroxyl groups is 2. The van der Waals surface area contributed by atoms with Crippen molar-refractivity contribution < 1.29 is 28.9 Å². The fraction of sp³-hybridized carbons (Fsp3) is 0.667. The summed E-state index contributed by atoms with van der Waals surface area (Å²) in [5.41, 5.74) is -0.863. The molecule has 3 atom stereocenters. The molecule has 0 radical (unpaired) electrons. The average Bonchev–Trinajstić information content (AvgIpc) is 2.95. The van der Waals surface area contributed by atoms with E-state index in [4.69, 9.17) is 14.6 Å². The quantitative estimate of drug-likeness (QED) is 0.614. The van der Waals surface area contributed by atoms with Gasteiger partial charge in [0.2, 0.25) is 0 Å². The van der Waals surface area contributed by atoms with E-state index in [9.17, 15) is 19.1 Å². The fourth-order valence-electron chi connectivity index (χ4n) is 2.44. The first-order valence-corrected chi connectivity index (χ1v) is 8.13. The Kier molecular flexibility index (Phi) is 6.85. The van der Waals surface area contributed by atoms with Gasteiger partial charge in [0, 0.05) is 6.42 Å². The van der Waals surface area contributed by atoms with E-state index in [0.29, 0.717) is 6.42 Å². The van der Waals surface area contributed by atoms with Gasteiger partial charge in [0.15, 0.2) is 11.6 Å². The van der Waals surface area contributed by atoms with Crippen LogP contribution in [0.2, 0.25) is 0 Å². The molecule has 0 bridgehead atoms. The monoisotopic (exact) mass is 359 g/mol. The lowest BCUT2D eigenvalue weighted by atomic mass is 10.2. The summed E-state index contributed by atoms with van der Waals surface area (Å²) in [4.78, 5) is 27.1. The molecule has 1 fully saturated rings. The Morgan fingerprint density at radius 2 is 2.32 bits per heavy atom. The zero-order chi connectivity index (χ0) is 18.4. The number of carbonyl (C=O) groups is 1. The van der Waals surface area contributed by atoms with E-state index in [1.54, 1.807) is 0 Å². The van der Waals surface area contributed by atoms with E-state index in [1.165, 1.54) is 0 Å². The summed E-state index contributed by atoms with van der Waals surface area (Å²) >= 11 is 0. The van der Waals surface area contributed by atoms with Crippen molar-refractivity contribution in [2.75, 3.05) is 18.5 Å². The number of amides is 1. The van der Waals surface area contributed by atoms with Gasteiger partial charge >= 0.3 is 11.8 Å². The molecule has 1 aromatic heterocycles. The van der Waals surface area contributed by atoms with Crippen LogP contribution in [-0.4, -0.2) is 51.3 Å². The maximum atomic E-state index is 14.1. The normalized spacial score (nSPS) is 22.8. The molecule has 10 heteroatoms. The largest absolute Gasteiger partial charge is 0.449 e. The molecule has 1 aliphatic rings. The first kappa shape index (κ1) is 19.3. The van der Waals surface area contributed by atoms with Crippen LogP contribution < -0.4 is 11.0 Å². The van der Waals surface area contributed by atoms with E-state index in [1.807, 2.05) is 6.92 Å². The van der Waals surface area contributed by atoms with E-state index >= 15 is 0 Å². The minimum atomic E-state index is -0.971. The predicted octanol–water partition coefficient (Wildman–Crippen LogP) is 0.762. The molecule has 25 heavy (non-hydrogen) atoms. The van der Waals surface area contributed by atoms with E-state index in [-0.39, 0.29) is 13.0 Å². The number of halogens is 1. The van der Waals surface area contributed by atoms with Crippen LogP contribution in [0.1, 0.15) is 38.8 Å². The highest BCUT2D eigenvalue weighted by Crippen LogP contribution is 2.27. The summed E-state index contributed by atoms with van der Waals surface area (Å²) < 4.78 is 25.1. The first-order chi connectivity index (χ1) is 12.0. The number of unbranched alkanes of at least 4 members (excludes halogenated alkanes) is 2. The molecule has 0 spiro atoms. The van der Waals surface area contributed by atoms with Crippen LogP contribution in [0.15, 0.2) is 11.0 Å². The molecule has 1 aromatic rings. The van der Waals surface area contributed by atoms with E-state index in [0.717, 1.165) is 23.6 Å². The molecular formula is C15H22FN3O6. The summed E-state index contributed by atoms with van der Waals surface area (Å²) in [6, 6.07) is 0. The first-order valence-electron chi connectivity index (χ1n) is 8.13. The van der Waals surface area contributed by atoms with Gasteiger partial charge in [-0.15, -0.1) is 0 Å². The number of hydrogen-bond acceptors (Lipinski definition) is 7. The number of anilines is 1. The number of aliphatic hydroxyl groups excluding tert-OH is 2. The van der Waals surface area contributed by atoms with Crippen molar-refractivity contribution >= 4 is 11.9 Å². The van der Waals surface area contributed by atoms with Crippen LogP contribution in [0.4, 0.5) is 15.0 Å². The van der Waals surface area contributed by atoms with Gasteiger partial charge < -0.3 is 19.7 Å². The molecule has 0 unspecified atom stereocenters. The highest BCUT2D eigenvalue weighted by molar-refractivity contribution is 5.83. The summed E-state index contributed by atoms with van der Waals surface area (Å²) in [6.45, 7) is 1.77. The Hall–Kier alpha value is -2.04.